The van der Waals surface area contributed by atoms with E-state index in [-0.39, 0.29) is 5.91 Å². The van der Waals surface area contributed by atoms with Crippen LogP contribution in [0.2, 0.25) is 0 Å². The molecule has 104 valence electrons. The Morgan fingerprint density at radius 2 is 2.21 bits per heavy atom. The second kappa shape index (κ2) is 7.41. The fourth-order valence-corrected chi connectivity index (χ4v) is 1.53. The first-order valence-electron chi connectivity index (χ1n) is 6.44. The van der Waals surface area contributed by atoms with Gasteiger partial charge in [0.05, 0.1) is 6.54 Å². The number of amides is 1. The zero-order chi connectivity index (χ0) is 14.3. The molecule has 0 spiro atoms. The number of nitrogens with one attached hydrogen (secondary N) is 2. The van der Waals surface area contributed by atoms with Crippen LogP contribution < -0.4 is 16.4 Å². The SMILES string of the molecule is CCC(C)NC(N)=NCc1cccc(NC(C)=O)c1. The van der Waals surface area contributed by atoms with Gasteiger partial charge in [-0.05, 0) is 31.0 Å². The molecule has 0 radical (unpaired) electrons. The predicted molar refractivity (Wildman–Crippen MR) is 79.0 cm³/mol. The highest BCUT2D eigenvalue weighted by molar-refractivity contribution is 5.88. The van der Waals surface area contributed by atoms with Gasteiger partial charge in [0.25, 0.3) is 0 Å². The van der Waals surface area contributed by atoms with Crippen molar-refractivity contribution in [1.29, 1.82) is 0 Å². The first-order valence-corrected chi connectivity index (χ1v) is 6.44. The summed E-state index contributed by atoms with van der Waals surface area (Å²) in [5, 5.41) is 5.84. The van der Waals surface area contributed by atoms with Gasteiger partial charge in [0.15, 0.2) is 5.96 Å². The molecule has 1 unspecified atom stereocenters. The van der Waals surface area contributed by atoms with Gasteiger partial charge < -0.3 is 16.4 Å². The predicted octanol–water partition coefficient (Wildman–Crippen LogP) is 1.85. The summed E-state index contributed by atoms with van der Waals surface area (Å²) in [4.78, 5) is 15.2. The number of carbonyl (C=O) groups excluding carboxylic acids is 1. The average Bonchev–Trinajstić information content (AvgIpc) is 2.36. The number of hydrogen-bond donors (Lipinski definition) is 3. The Kier molecular flexibility index (Phi) is 5.85. The first-order chi connectivity index (χ1) is 9.01. The lowest BCUT2D eigenvalue weighted by atomic mass is 10.2. The van der Waals surface area contributed by atoms with Crippen LogP contribution in [0.1, 0.15) is 32.8 Å². The molecule has 1 rings (SSSR count). The second-order valence-electron chi connectivity index (χ2n) is 4.54. The van der Waals surface area contributed by atoms with Crippen LogP contribution in [0.5, 0.6) is 0 Å². The molecular weight excluding hydrogens is 240 g/mol. The summed E-state index contributed by atoms with van der Waals surface area (Å²) < 4.78 is 0. The Morgan fingerprint density at radius 3 is 2.84 bits per heavy atom. The van der Waals surface area contributed by atoms with E-state index in [1.165, 1.54) is 6.92 Å². The maximum atomic E-state index is 11.0. The number of rotatable bonds is 5. The monoisotopic (exact) mass is 262 g/mol. The first kappa shape index (κ1) is 15.0. The third-order valence-corrected chi connectivity index (χ3v) is 2.69. The molecule has 1 atom stereocenters. The number of guanidine groups is 1. The highest BCUT2D eigenvalue weighted by Gasteiger charge is 2.00. The Balaban J connectivity index is 2.61. The molecular formula is C14H22N4O. The van der Waals surface area contributed by atoms with Crippen LogP contribution in [0.25, 0.3) is 0 Å². The lowest BCUT2D eigenvalue weighted by Gasteiger charge is -2.11. The van der Waals surface area contributed by atoms with E-state index in [0.717, 1.165) is 17.7 Å². The lowest BCUT2D eigenvalue weighted by Crippen LogP contribution is -2.38. The molecule has 5 heteroatoms. The van der Waals surface area contributed by atoms with Gasteiger partial charge >= 0.3 is 0 Å². The van der Waals surface area contributed by atoms with Gasteiger partial charge in [-0.2, -0.15) is 0 Å². The van der Waals surface area contributed by atoms with Crippen LogP contribution in [0.4, 0.5) is 5.69 Å². The summed E-state index contributed by atoms with van der Waals surface area (Å²) in [6.45, 7) is 6.11. The fraction of sp³-hybridized carbons (Fsp3) is 0.429. The highest BCUT2D eigenvalue weighted by Crippen LogP contribution is 2.11. The van der Waals surface area contributed by atoms with Crippen LogP contribution in [-0.2, 0) is 11.3 Å². The van der Waals surface area contributed by atoms with Crippen molar-refractivity contribution in [3.05, 3.63) is 29.8 Å². The minimum atomic E-state index is -0.0846. The Labute approximate surface area is 114 Å². The number of nitrogens with two attached hydrogens (primary N) is 1. The van der Waals surface area contributed by atoms with Crippen molar-refractivity contribution < 1.29 is 4.79 Å². The lowest BCUT2D eigenvalue weighted by molar-refractivity contribution is -0.114. The molecule has 1 aromatic rings. The van der Waals surface area contributed by atoms with Gasteiger partial charge in [-0.3, -0.25) is 4.79 Å². The van der Waals surface area contributed by atoms with E-state index in [1.807, 2.05) is 24.3 Å². The van der Waals surface area contributed by atoms with E-state index in [4.69, 9.17) is 5.73 Å². The topological polar surface area (TPSA) is 79.5 Å². The van der Waals surface area contributed by atoms with Crippen molar-refractivity contribution in [2.75, 3.05) is 5.32 Å². The van der Waals surface area contributed by atoms with Gasteiger partial charge in [0.2, 0.25) is 5.91 Å². The van der Waals surface area contributed by atoms with E-state index < -0.39 is 0 Å². The third-order valence-electron chi connectivity index (χ3n) is 2.69. The Morgan fingerprint density at radius 1 is 1.47 bits per heavy atom. The van der Waals surface area contributed by atoms with Crippen molar-refractivity contribution >= 4 is 17.6 Å². The number of carbonyl (C=O) groups is 1. The summed E-state index contributed by atoms with van der Waals surface area (Å²) in [6, 6.07) is 7.88. The molecule has 1 aromatic carbocycles. The van der Waals surface area contributed by atoms with Crippen molar-refractivity contribution in [3.8, 4) is 0 Å². The molecule has 0 bridgehead atoms. The molecule has 0 aromatic heterocycles. The van der Waals surface area contributed by atoms with Crippen LogP contribution in [0, 0.1) is 0 Å². The van der Waals surface area contributed by atoms with E-state index in [2.05, 4.69) is 29.5 Å². The Bertz CT molecular complexity index is 457. The van der Waals surface area contributed by atoms with Crippen molar-refractivity contribution in [3.63, 3.8) is 0 Å². The number of aliphatic imine (C=N–C) groups is 1. The normalized spacial score (nSPS) is 12.9. The van der Waals surface area contributed by atoms with Crippen molar-refractivity contribution in [2.24, 2.45) is 10.7 Å². The zero-order valence-corrected chi connectivity index (χ0v) is 11.7. The van der Waals surface area contributed by atoms with Crippen LogP contribution >= 0.6 is 0 Å². The highest BCUT2D eigenvalue weighted by atomic mass is 16.1. The number of benzene rings is 1. The third kappa shape index (κ3) is 5.90. The molecule has 0 heterocycles. The molecule has 0 aliphatic rings. The standard InChI is InChI=1S/C14H22N4O/c1-4-10(2)17-14(15)16-9-12-6-5-7-13(8-12)18-11(3)19/h5-8,10H,4,9H2,1-3H3,(H,18,19)(H3,15,16,17). The quantitative estimate of drug-likeness (QED) is 0.559. The van der Waals surface area contributed by atoms with Gasteiger partial charge in [0.1, 0.15) is 0 Å². The van der Waals surface area contributed by atoms with Crippen LogP contribution in [0.3, 0.4) is 0 Å². The molecule has 0 saturated heterocycles. The van der Waals surface area contributed by atoms with E-state index in [1.54, 1.807) is 0 Å². The number of hydrogen-bond acceptors (Lipinski definition) is 2. The maximum absolute atomic E-state index is 11.0. The van der Waals surface area contributed by atoms with Crippen molar-refractivity contribution in [2.45, 2.75) is 39.8 Å². The summed E-state index contributed by atoms with van der Waals surface area (Å²) in [5.74, 6) is 0.359. The maximum Gasteiger partial charge on any atom is 0.221 e. The fourth-order valence-electron chi connectivity index (χ4n) is 1.53. The second-order valence-corrected chi connectivity index (χ2v) is 4.54. The zero-order valence-electron chi connectivity index (χ0n) is 11.7. The largest absolute Gasteiger partial charge is 0.370 e. The van der Waals surface area contributed by atoms with Crippen LogP contribution in [0.15, 0.2) is 29.3 Å². The Hall–Kier alpha value is -2.04. The number of nitrogens with zero attached hydrogens (tertiary/aromatic N) is 1. The molecule has 4 N–H and O–H groups in total. The van der Waals surface area contributed by atoms with Crippen LogP contribution in [-0.4, -0.2) is 17.9 Å². The summed E-state index contributed by atoms with van der Waals surface area (Å²) in [5.41, 5.74) is 7.56. The van der Waals surface area contributed by atoms with E-state index >= 15 is 0 Å². The van der Waals surface area contributed by atoms with Gasteiger partial charge in [-0.15, -0.1) is 0 Å². The average molecular weight is 262 g/mol. The minimum Gasteiger partial charge on any atom is -0.370 e. The van der Waals surface area contributed by atoms with Gasteiger partial charge in [-0.1, -0.05) is 19.1 Å². The summed E-state index contributed by atoms with van der Waals surface area (Å²) in [7, 11) is 0. The molecule has 0 fully saturated rings. The molecule has 0 aliphatic carbocycles. The summed E-state index contributed by atoms with van der Waals surface area (Å²) >= 11 is 0. The number of anilines is 1. The van der Waals surface area contributed by atoms with E-state index in [0.29, 0.717) is 18.5 Å². The van der Waals surface area contributed by atoms with Crippen molar-refractivity contribution in [1.82, 2.24) is 5.32 Å². The molecule has 0 aliphatic heterocycles. The molecule has 1 amide bonds. The molecule has 5 nitrogen and oxygen atoms in total. The molecule has 19 heavy (non-hydrogen) atoms. The minimum absolute atomic E-state index is 0.0846. The van der Waals surface area contributed by atoms with E-state index in [9.17, 15) is 4.79 Å². The smallest absolute Gasteiger partial charge is 0.221 e. The van der Waals surface area contributed by atoms with Gasteiger partial charge in [0, 0.05) is 18.7 Å². The summed E-state index contributed by atoms with van der Waals surface area (Å²) in [6.07, 6.45) is 0.994. The molecule has 0 saturated carbocycles. The van der Waals surface area contributed by atoms with Gasteiger partial charge in [-0.25, -0.2) is 4.99 Å².